The van der Waals surface area contributed by atoms with Crippen molar-refractivity contribution >= 4 is 86.8 Å². The summed E-state index contributed by atoms with van der Waals surface area (Å²) in [4.78, 5) is 14.7. The van der Waals surface area contributed by atoms with Gasteiger partial charge in [-0.25, -0.2) is 4.98 Å². The lowest BCUT2D eigenvalue weighted by atomic mass is 9.96. The summed E-state index contributed by atoms with van der Waals surface area (Å²) in [6.07, 6.45) is 5.54. The Balaban J connectivity index is 1.07. The van der Waals surface area contributed by atoms with E-state index in [1.165, 1.54) is 36.3 Å². The van der Waals surface area contributed by atoms with Gasteiger partial charge in [0.1, 0.15) is 0 Å². The SMILES string of the molecule is C=Cc1ccc2c(-c3ccc4ncc(-c5ccc(-c6nc7ccccc7c7c6ccc6c8ccccc8sc67)cc5)cc4c3)ccnc2c1N. The van der Waals surface area contributed by atoms with E-state index in [0.717, 1.165) is 66.4 Å². The van der Waals surface area contributed by atoms with Gasteiger partial charge in [0.25, 0.3) is 0 Å². The molecule has 0 bridgehead atoms. The number of nitrogens with zero attached hydrogens (tertiary/aromatic N) is 3. The van der Waals surface area contributed by atoms with Crippen molar-refractivity contribution in [3.05, 3.63) is 152 Å². The Labute approximate surface area is 291 Å². The molecule has 10 aromatic rings. The molecular weight excluding hydrogens is 629 g/mol. The monoisotopic (exact) mass is 656 g/mol. The van der Waals surface area contributed by atoms with E-state index in [-0.39, 0.29) is 0 Å². The van der Waals surface area contributed by atoms with Crippen LogP contribution in [-0.2, 0) is 0 Å². The molecule has 6 aromatic carbocycles. The molecule has 10 rings (SSSR count). The van der Waals surface area contributed by atoms with Crippen LogP contribution in [0.25, 0.3) is 103 Å². The first-order valence-corrected chi connectivity index (χ1v) is 17.4. The molecule has 4 nitrogen and oxygen atoms in total. The molecule has 0 saturated heterocycles. The molecule has 2 N–H and O–H groups in total. The van der Waals surface area contributed by atoms with Gasteiger partial charge >= 0.3 is 0 Å². The van der Waals surface area contributed by atoms with Gasteiger partial charge in [-0.1, -0.05) is 104 Å². The second kappa shape index (κ2) is 11.1. The molecule has 0 spiro atoms. The van der Waals surface area contributed by atoms with Crippen LogP contribution >= 0.6 is 11.3 Å². The zero-order valence-electron chi connectivity index (χ0n) is 26.9. The van der Waals surface area contributed by atoms with E-state index in [2.05, 4.69) is 127 Å². The van der Waals surface area contributed by atoms with Gasteiger partial charge in [0.2, 0.25) is 0 Å². The smallest absolute Gasteiger partial charge is 0.0943 e. The number of nitrogens with two attached hydrogens (primary N) is 1. The highest BCUT2D eigenvalue weighted by Gasteiger charge is 2.16. The zero-order chi connectivity index (χ0) is 33.3. The average Bonchev–Trinajstić information content (AvgIpc) is 3.56. The molecule has 0 amide bonds. The summed E-state index contributed by atoms with van der Waals surface area (Å²) in [7, 11) is 0. The van der Waals surface area contributed by atoms with Crippen LogP contribution < -0.4 is 5.73 Å². The lowest BCUT2D eigenvalue weighted by molar-refractivity contribution is 1.40. The van der Waals surface area contributed by atoms with Crippen molar-refractivity contribution in [3.63, 3.8) is 0 Å². The van der Waals surface area contributed by atoms with Crippen LogP contribution in [0.2, 0.25) is 0 Å². The number of benzene rings is 6. The lowest BCUT2D eigenvalue weighted by Crippen LogP contribution is -1.94. The van der Waals surface area contributed by atoms with Crippen LogP contribution in [0.5, 0.6) is 0 Å². The molecule has 5 heteroatoms. The van der Waals surface area contributed by atoms with Crippen molar-refractivity contribution in [2.45, 2.75) is 0 Å². The van der Waals surface area contributed by atoms with Crippen molar-refractivity contribution < 1.29 is 0 Å². The fourth-order valence-electron chi connectivity index (χ4n) is 7.40. The molecule has 0 radical (unpaired) electrons. The van der Waals surface area contributed by atoms with E-state index in [0.29, 0.717) is 5.69 Å². The minimum absolute atomic E-state index is 0.646. The Hall–Kier alpha value is -6.43. The largest absolute Gasteiger partial charge is 0.396 e. The third-order valence-corrected chi connectivity index (χ3v) is 11.1. The molecule has 0 unspecified atom stereocenters. The average molecular weight is 657 g/mol. The molecule has 50 heavy (non-hydrogen) atoms. The van der Waals surface area contributed by atoms with Crippen LogP contribution in [0.4, 0.5) is 5.69 Å². The van der Waals surface area contributed by atoms with Gasteiger partial charge in [-0.15, -0.1) is 11.3 Å². The van der Waals surface area contributed by atoms with Crippen LogP contribution in [0.15, 0.2) is 146 Å². The molecule has 0 saturated carbocycles. The van der Waals surface area contributed by atoms with Gasteiger partial charge in [-0.2, -0.15) is 0 Å². The molecule has 0 aliphatic heterocycles. The van der Waals surface area contributed by atoms with Crippen LogP contribution in [0.3, 0.4) is 0 Å². The van der Waals surface area contributed by atoms with Gasteiger partial charge in [0.05, 0.1) is 27.9 Å². The maximum absolute atomic E-state index is 6.44. The maximum Gasteiger partial charge on any atom is 0.0943 e. The Bertz CT molecular complexity index is 3010. The number of fused-ring (bicyclic) bond motifs is 9. The Morgan fingerprint density at radius 2 is 1.34 bits per heavy atom. The highest BCUT2D eigenvalue weighted by atomic mass is 32.1. The van der Waals surface area contributed by atoms with Crippen LogP contribution in [-0.4, -0.2) is 15.0 Å². The van der Waals surface area contributed by atoms with E-state index >= 15 is 0 Å². The number of aromatic nitrogens is 3. The zero-order valence-corrected chi connectivity index (χ0v) is 27.7. The fraction of sp³-hybridized carbons (Fsp3) is 0. The van der Waals surface area contributed by atoms with Crippen molar-refractivity contribution in [2.75, 3.05) is 5.73 Å². The third-order valence-electron chi connectivity index (χ3n) is 9.90. The number of hydrogen-bond donors (Lipinski definition) is 1. The standard InChI is InChI=1S/C45H28N4S/c1-2-26-15-17-34-32(21-22-47-44(34)42(26)46)29-16-20-38-30(23-29)24-31(25-48-38)27-11-13-28(14-12-27)43-37-19-18-35-33-7-4-6-10-40(33)50-45(35)41(37)36-8-3-5-9-39(36)49-43/h2-25H,1,46H2. The second-order valence-corrected chi connectivity index (χ2v) is 13.7. The molecule has 0 aliphatic carbocycles. The molecule has 0 fully saturated rings. The summed E-state index contributed by atoms with van der Waals surface area (Å²) >= 11 is 1.87. The number of pyridine rings is 3. The van der Waals surface area contributed by atoms with Crippen molar-refractivity contribution in [1.29, 1.82) is 0 Å². The van der Waals surface area contributed by atoms with Gasteiger partial charge in [0.15, 0.2) is 0 Å². The second-order valence-electron chi connectivity index (χ2n) is 12.7. The Morgan fingerprint density at radius 1 is 0.600 bits per heavy atom. The normalized spacial score (nSPS) is 11.8. The quantitative estimate of drug-likeness (QED) is 0.151. The van der Waals surface area contributed by atoms with Crippen molar-refractivity contribution in [1.82, 2.24) is 15.0 Å². The first kappa shape index (κ1) is 28.6. The Kier molecular flexibility index (Phi) is 6.32. The number of thiophene rings is 1. The minimum atomic E-state index is 0.646. The summed E-state index contributed by atoms with van der Waals surface area (Å²) in [5.41, 5.74) is 17.1. The summed E-state index contributed by atoms with van der Waals surface area (Å²) in [5.74, 6) is 0. The van der Waals surface area contributed by atoms with Crippen LogP contribution in [0.1, 0.15) is 5.56 Å². The molecule has 0 atom stereocenters. The topological polar surface area (TPSA) is 64.7 Å². The molecule has 4 aromatic heterocycles. The first-order valence-electron chi connectivity index (χ1n) is 16.6. The number of hydrogen-bond acceptors (Lipinski definition) is 5. The van der Waals surface area contributed by atoms with Crippen LogP contribution in [0, 0.1) is 0 Å². The van der Waals surface area contributed by atoms with E-state index in [9.17, 15) is 0 Å². The van der Waals surface area contributed by atoms with Gasteiger partial charge in [-0.05, 0) is 58.7 Å². The predicted octanol–water partition coefficient (Wildman–Crippen LogP) is 12.1. The minimum Gasteiger partial charge on any atom is -0.396 e. The van der Waals surface area contributed by atoms with Gasteiger partial charge in [-0.3, -0.25) is 9.97 Å². The first-order chi connectivity index (χ1) is 24.6. The molecule has 0 aliphatic rings. The lowest BCUT2D eigenvalue weighted by Gasteiger charge is -2.12. The van der Waals surface area contributed by atoms with Crippen molar-refractivity contribution in [3.8, 4) is 33.5 Å². The highest BCUT2D eigenvalue weighted by Crippen LogP contribution is 2.43. The van der Waals surface area contributed by atoms with E-state index in [1.807, 2.05) is 35.9 Å². The maximum atomic E-state index is 6.44. The Morgan fingerprint density at radius 3 is 2.22 bits per heavy atom. The van der Waals surface area contributed by atoms with Gasteiger partial charge < -0.3 is 5.73 Å². The summed E-state index contributed by atoms with van der Waals surface area (Å²) < 4.78 is 2.62. The highest BCUT2D eigenvalue weighted by molar-refractivity contribution is 7.26. The predicted molar refractivity (Wildman–Crippen MR) is 214 cm³/mol. The van der Waals surface area contributed by atoms with E-state index in [4.69, 9.17) is 15.7 Å². The number of para-hydroxylation sites is 1. The fourth-order valence-corrected chi connectivity index (χ4v) is 8.66. The number of nitrogen functional groups attached to an aromatic ring is 1. The van der Waals surface area contributed by atoms with E-state index < -0.39 is 0 Å². The number of rotatable bonds is 4. The number of anilines is 1. The molecule has 234 valence electrons. The summed E-state index contributed by atoms with van der Waals surface area (Å²) in [5, 5.41) is 8.31. The van der Waals surface area contributed by atoms with Crippen molar-refractivity contribution in [2.24, 2.45) is 0 Å². The molecule has 4 heterocycles. The molecular formula is C45H28N4S. The van der Waals surface area contributed by atoms with E-state index in [1.54, 1.807) is 6.08 Å². The summed E-state index contributed by atoms with van der Waals surface area (Å²) in [6, 6.07) is 45.2. The summed E-state index contributed by atoms with van der Waals surface area (Å²) in [6.45, 7) is 3.89. The third kappa shape index (κ3) is 4.34. The van der Waals surface area contributed by atoms with Gasteiger partial charge in [0, 0.05) is 70.6 Å².